The summed E-state index contributed by atoms with van der Waals surface area (Å²) in [5.74, 6) is -1.05. The number of amides is 2. The first-order valence-electron chi connectivity index (χ1n) is 10.6. The number of nitrogens with zero attached hydrogens (tertiary/aromatic N) is 5. The number of nitrogens with two attached hydrogens (primary N) is 1. The van der Waals surface area contributed by atoms with Crippen LogP contribution in [0.1, 0.15) is 41.4 Å². The van der Waals surface area contributed by atoms with Crippen molar-refractivity contribution < 1.29 is 18.4 Å². The Kier molecular flexibility index (Phi) is 5.07. The van der Waals surface area contributed by atoms with Gasteiger partial charge in [0.2, 0.25) is 11.9 Å². The van der Waals surface area contributed by atoms with Gasteiger partial charge in [0.25, 0.3) is 5.91 Å². The van der Waals surface area contributed by atoms with E-state index in [9.17, 15) is 18.4 Å². The van der Waals surface area contributed by atoms with E-state index in [-0.39, 0.29) is 34.9 Å². The van der Waals surface area contributed by atoms with Gasteiger partial charge in [-0.15, -0.1) is 0 Å². The molecule has 3 aliphatic rings. The molecule has 3 heterocycles. The maximum atomic E-state index is 14.3. The van der Waals surface area contributed by atoms with Crippen molar-refractivity contribution in [3.8, 4) is 0 Å². The molecule has 0 unspecified atom stereocenters. The van der Waals surface area contributed by atoms with E-state index in [1.54, 1.807) is 6.21 Å². The number of halogens is 2. The number of anilines is 1. The van der Waals surface area contributed by atoms with Crippen LogP contribution < -0.4 is 10.6 Å². The van der Waals surface area contributed by atoms with E-state index in [2.05, 4.69) is 15.1 Å². The number of carbonyl (C=O) groups is 2. The van der Waals surface area contributed by atoms with E-state index in [4.69, 9.17) is 5.73 Å². The SMILES string of the molecule is NC(=O)c1ccnc(N2C[C@H]3C[C@H](C(=O)N4N=CC[C@H]4c4cc(F)ccc4F)C[C@H]3C2)n1. The van der Waals surface area contributed by atoms with Gasteiger partial charge in [0.15, 0.2) is 0 Å². The lowest BCUT2D eigenvalue weighted by Crippen LogP contribution is -2.33. The molecule has 2 aromatic rings. The number of fused-ring (bicyclic) bond motifs is 1. The smallest absolute Gasteiger partial charge is 0.267 e. The Morgan fingerprint density at radius 1 is 1.09 bits per heavy atom. The minimum absolute atomic E-state index is 0.145. The van der Waals surface area contributed by atoms with Gasteiger partial charge < -0.3 is 10.6 Å². The lowest BCUT2D eigenvalue weighted by atomic mass is 10.00. The summed E-state index contributed by atoms with van der Waals surface area (Å²) in [4.78, 5) is 35.1. The molecule has 0 bridgehead atoms. The first-order chi connectivity index (χ1) is 15.4. The Morgan fingerprint density at radius 2 is 1.84 bits per heavy atom. The molecule has 166 valence electrons. The van der Waals surface area contributed by atoms with Crippen LogP contribution in [-0.4, -0.2) is 46.1 Å². The predicted octanol–water partition coefficient (Wildman–Crippen LogP) is 2.28. The number of benzene rings is 1. The lowest BCUT2D eigenvalue weighted by Gasteiger charge is -2.26. The number of aromatic nitrogens is 2. The molecule has 2 amide bonds. The van der Waals surface area contributed by atoms with Gasteiger partial charge in [-0.25, -0.2) is 23.8 Å². The van der Waals surface area contributed by atoms with Crippen molar-refractivity contribution in [2.24, 2.45) is 28.6 Å². The standard InChI is InChI=1S/C22H22F2N6O2/c23-15-1-2-17(24)16(9-15)19-4-6-27-30(19)21(32)12-7-13-10-29(11-14(13)8-12)22-26-5-3-18(28-22)20(25)31/h1-3,5-6,9,12-14,19H,4,7-8,10-11H2,(H2,25,31)/t12-,13+,14-,19-/m0/s1. The largest absolute Gasteiger partial charge is 0.364 e. The van der Waals surface area contributed by atoms with Crippen molar-refractivity contribution in [3.05, 3.63) is 53.4 Å². The summed E-state index contributed by atoms with van der Waals surface area (Å²) in [6.07, 6.45) is 4.81. The van der Waals surface area contributed by atoms with Gasteiger partial charge in [-0.3, -0.25) is 9.59 Å². The molecule has 1 saturated heterocycles. The van der Waals surface area contributed by atoms with E-state index >= 15 is 0 Å². The quantitative estimate of drug-likeness (QED) is 0.785. The van der Waals surface area contributed by atoms with Gasteiger partial charge in [0.1, 0.15) is 17.3 Å². The van der Waals surface area contributed by atoms with E-state index in [1.807, 2.05) is 4.90 Å². The van der Waals surface area contributed by atoms with Crippen LogP contribution in [0.2, 0.25) is 0 Å². The molecule has 1 aliphatic carbocycles. The van der Waals surface area contributed by atoms with Gasteiger partial charge in [-0.05, 0) is 48.9 Å². The third kappa shape index (κ3) is 3.59. The summed E-state index contributed by atoms with van der Waals surface area (Å²) in [7, 11) is 0. The van der Waals surface area contributed by atoms with Crippen molar-refractivity contribution >= 4 is 24.0 Å². The average Bonchev–Trinajstić information content (AvgIpc) is 3.50. The van der Waals surface area contributed by atoms with E-state index in [1.165, 1.54) is 17.3 Å². The third-order valence-corrected chi connectivity index (χ3v) is 6.65. The normalized spacial score (nSPS) is 26.6. The molecule has 1 saturated carbocycles. The Bertz CT molecular complexity index is 1100. The van der Waals surface area contributed by atoms with Crippen LogP contribution in [0.15, 0.2) is 35.6 Å². The highest BCUT2D eigenvalue weighted by atomic mass is 19.1. The summed E-state index contributed by atoms with van der Waals surface area (Å²) in [5.41, 5.74) is 5.62. The molecule has 0 spiro atoms. The van der Waals surface area contributed by atoms with Crippen molar-refractivity contribution in [1.29, 1.82) is 0 Å². The fourth-order valence-corrected chi connectivity index (χ4v) is 5.14. The van der Waals surface area contributed by atoms with Crippen molar-refractivity contribution in [3.63, 3.8) is 0 Å². The van der Waals surface area contributed by atoms with Crippen molar-refractivity contribution in [1.82, 2.24) is 15.0 Å². The number of rotatable bonds is 4. The van der Waals surface area contributed by atoms with E-state index < -0.39 is 23.6 Å². The van der Waals surface area contributed by atoms with Crippen LogP contribution in [0, 0.1) is 29.4 Å². The molecule has 1 aromatic carbocycles. The zero-order valence-corrected chi connectivity index (χ0v) is 17.2. The minimum atomic E-state index is -0.625. The topological polar surface area (TPSA) is 105 Å². The fourth-order valence-electron chi connectivity index (χ4n) is 5.14. The van der Waals surface area contributed by atoms with Gasteiger partial charge in [-0.2, -0.15) is 5.10 Å². The Balaban J connectivity index is 1.26. The molecular weight excluding hydrogens is 418 g/mol. The first-order valence-corrected chi connectivity index (χ1v) is 10.6. The Labute approximate surface area is 183 Å². The lowest BCUT2D eigenvalue weighted by molar-refractivity contribution is -0.137. The Hall–Kier alpha value is -3.43. The number of hydrazone groups is 1. The number of primary amides is 1. The average molecular weight is 440 g/mol. The van der Waals surface area contributed by atoms with Crippen LogP contribution in [0.25, 0.3) is 0 Å². The second-order valence-electron chi connectivity index (χ2n) is 8.60. The van der Waals surface area contributed by atoms with E-state index in [0.29, 0.717) is 38.3 Å². The first kappa shape index (κ1) is 20.5. The van der Waals surface area contributed by atoms with Gasteiger partial charge in [-0.1, -0.05) is 0 Å². The summed E-state index contributed by atoms with van der Waals surface area (Å²) in [6.45, 7) is 1.36. The molecule has 5 rings (SSSR count). The monoisotopic (exact) mass is 440 g/mol. The highest BCUT2D eigenvalue weighted by molar-refractivity contribution is 5.90. The maximum Gasteiger partial charge on any atom is 0.267 e. The van der Waals surface area contributed by atoms with Crippen molar-refractivity contribution in [2.45, 2.75) is 25.3 Å². The second kappa shape index (κ2) is 7.92. The third-order valence-electron chi connectivity index (χ3n) is 6.65. The molecule has 1 aromatic heterocycles. The fraction of sp³-hybridized carbons (Fsp3) is 0.409. The highest BCUT2D eigenvalue weighted by Gasteiger charge is 2.46. The summed E-state index contributed by atoms with van der Waals surface area (Å²) >= 11 is 0. The van der Waals surface area contributed by atoms with Crippen molar-refractivity contribution in [2.75, 3.05) is 18.0 Å². The number of carbonyl (C=O) groups excluding carboxylic acids is 2. The number of hydrogen-bond acceptors (Lipinski definition) is 6. The second-order valence-corrected chi connectivity index (χ2v) is 8.60. The minimum Gasteiger partial charge on any atom is -0.364 e. The molecule has 2 fully saturated rings. The van der Waals surface area contributed by atoms with Crippen LogP contribution >= 0.6 is 0 Å². The summed E-state index contributed by atoms with van der Waals surface area (Å²) in [6, 6.07) is 4.13. The van der Waals surface area contributed by atoms with Crippen LogP contribution in [-0.2, 0) is 4.79 Å². The van der Waals surface area contributed by atoms with Crippen LogP contribution in [0.3, 0.4) is 0 Å². The van der Waals surface area contributed by atoms with Gasteiger partial charge >= 0.3 is 0 Å². The molecule has 0 radical (unpaired) electrons. The molecular formula is C22H22F2N6O2. The van der Waals surface area contributed by atoms with Crippen LogP contribution in [0.4, 0.5) is 14.7 Å². The van der Waals surface area contributed by atoms with Crippen LogP contribution in [0.5, 0.6) is 0 Å². The zero-order chi connectivity index (χ0) is 22.4. The maximum absolute atomic E-state index is 14.3. The Morgan fingerprint density at radius 3 is 2.56 bits per heavy atom. The predicted molar refractivity (Wildman–Crippen MR) is 112 cm³/mol. The van der Waals surface area contributed by atoms with Gasteiger partial charge in [0, 0.05) is 43.4 Å². The highest BCUT2D eigenvalue weighted by Crippen LogP contribution is 2.44. The zero-order valence-electron chi connectivity index (χ0n) is 17.2. The summed E-state index contributed by atoms with van der Waals surface area (Å²) < 4.78 is 28.0. The molecule has 8 nitrogen and oxygen atoms in total. The summed E-state index contributed by atoms with van der Waals surface area (Å²) in [5, 5.41) is 5.51. The molecule has 2 N–H and O–H groups in total. The van der Waals surface area contributed by atoms with Gasteiger partial charge in [0.05, 0.1) is 6.04 Å². The number of hydrogen-bond donors (Lipinski definition) is 1. The van der Waals surface area contributed by atoms with E-state index in [0.717, 1.165) is 18.2 Å². The molecule has 4 atom stereocenters. The molecule has 2 aliphatic heterocycles. The molecule has 10 heteroatoms. The molecule has 32 heavy (non-hydrogen) atoms.